The molecule has 0 spiro atoms. The van der Waals surface area contributed by atoms with Gasteiger partial charge < -0.3 is 10.1 Å². The van der Waals surface area contributed by atoms with Gasteiger partial charge in [0, 0.05) is 9.92 Å². The Morgan fingerprint density at radius 1 is 1.24 bits per heavy atom. The van der Waals surface area contributed by atoms with E-state index in [1.54, 1.807) is 7.11 Å². The van der Waals surface area contributed by atoms with Crippen molar-refractivity contribution in [3.63, 3.8) is 0 Å². The van der Waals surface area contributed by atoms with E-state index in [0.717, 1.165) is 28.2 Å². The van der Waals surface area contributed by atoms with Crippen LogP contribution in [0.25, 0.3) is 0 Å². The molecule has 0 aliphatic heterocycles. The van der Waals surface area contributed by atoms with Gasteiger partial charge in [-0.3, -0.25) is 4.79 Å². The summed E-state index contributed by atoms with van der Waals surface area (Å²) in [5, 5.41) is 3.66. The van der Waals surface area contributed by atoms with Gasteiger partial charge in [0.1, 0.15) is 5.75 Å². The van der Waals surface area contributed by atoms with E-state index in [0.29, 0.717) is 5.02 Å². The second-order valence-corrected chi connectivity index (χ2v) is 7.76. The number of hydrogen-bond donors (Lipinski definition) is 1. The molecule has 1 N–H and O–H groups in total. The molecule has 0 aliphatic rings. The highest BCUT2D eigenvalue weighted by Gasteiger charge is 2.19. The van der Waals surface area contributed by atoms with Crippen LogP contribution in [0.3, 0.4) is 0 Å². The van der Waals surface area contributed by atoms with Crippen molar-refractivity contribution in [1.29, 1.82) is 0 Å². The predicted molar refractivity (Wildman–Crippen MR) is 106 cm³/mol. The lowest BCUT2D eigenvalue weighted by atomic mass is 10.0. The van der Waals surface area contributed by atoms with E-state index in [-0.39, 0.29) is 17.2 Å². The second-order valence-electron chi connectivity index (χ2n) is 5.91. The van der Waals surface area contributed by atoms with Crippen molar-refractivity contribution in [1.82, 2.24) is 5.32 Å². The molecule has 2 aromatic carbocycles. The standard InChI is InChI=1S/C20H24ClNO2S/c1-5-18(15-6-11-19(24-4)13(2)12-15)22-20(23)14(3)25-17-9-7-16(21)8-10-17/h6-12,14,18H,5H2,1-4H3,(H,22,23)/t14-,18-/m0/s1. The summed E-state index contributed by atoms with van der Waals surface area (Å²) >= 11 is 7.43. The van der Waals surface area contributed by atoms with Gasteiger partial charge in [0.2, 0.25) is 5.91 Å². The molecular weight excluding hydrogens is 354 g/mol. The number of amides is 1. The van der Waals surface area contributed by atoms with Crippen molar-refractivity contribution in [2.75, 3.05) is 7.11 Å². The maximum atomic E-state index is 12.6. The van der Waals surface area contributed by atoms with Crippen LogP contribution in [0.4, 0.5) is 0 Å². The fraction of sp³-hybridized carbons (Fsp3) is 0.350. The molecule has 3 nitrogen and oxygen atoms in total. The summed E-state index contributed by atoms with van der Waals surface area (Å²) in [6.45, 7) is 6.00. The highest BCUT2D eigenvalue weighted by Crippen LogP contribution is 2.27. The molecule has 2 rings (SSSR count). The summed E-state index contributed by atoms with van der Waals surface area (Å²) < 4.78 is 5.31. The van der Waals surface area contributed by atoms with Crippen molar-refractivity contribution >= 4 is 29.3 Å². The van der Waals surface area contributed by atoms with Gasteiger partial charge in [-0.25, -0.2) is 0 Å². The fourth-order valence-corrected chi connectivity index (χ4v) is 3.60. The van der Waals surface area contributed by atoms with Crippen molar-refractivity contribution in [3.05, 3.63) is 58.6 Å². The SMILES string of the molecule is CC[C@H](NC(=O)[C@H](C)Sc1ccc(Cl)cc1)c1ccc(OC)c(C)c1. The molecule has 0 saturated heterocycles. The first kappa shape index (κ1) is 19.7. The van der Waals surface area contributed by atoms with Crippen molar-refractivity contribution in [2.24, 2.45) is 0 Å². The minimum atomic E-state index is -0.186. The topological polar surface area (TPSA) is 38.3 Å². The van der Waals surface area contributed by atoms with Crippen LogP contribution in [0.15, 0.2) is 47.4 Å². The quantitative estimate of drug-likeness (QED) is 0.656. The summed E-state index contributed by atoms with van der Waals surface area (Å²) in [7, 11) is 1.66. The first-order valence-corrected chi connectivity index (χ1v) is 9.57. The van der Waals surface area contributed by atoms with Gasteiger partial charge >= 0.3 is 0 Å². The number of ether oxygens (including phenoxy) is 1. The Bertz CT molecular complexity index is 718. The molecule has 0 unspecified atom stereocenters. The smallest absolute Gasteiger partial charge is 0.233 e. The van der Waals surface area contributed by atoms with Crippen LogP contribution in [0.5, 0.6) is 5.75 Å². The third kappa shape index (κ3) is 5.41. The molecule has 134 valence electrons. The van der Waals surface area contributed by atoms with Crippen LogP contribution >= 0.6 is 23.4 Å². The van der Waals surface area contributed by atoms with Crippen LogP contribution in [-0.2, 0) is 4.79 Å². The molecule has 1 amide bonds. The molecule has 0 heterocycles. The normalized spacial score (nSPS) is 13.2. The number of carbonyl (C=O) groups excluding carboxylic acids is 1. The minimum Gasteiger partial charge on any atom is -0.496 e. The Kier molecular flexibility index (Phi) is 7.21. The monoisotopic (exact) mass is 377 g/mol. The number of benzene rings is 2. The number of rotatable bonds is 7. The van der Waals surface area contributed by atoms with Crippen LogP contribution in [-0.4, -0.2) is 18.3 Å². The van der Waals surface area contributed by atoms with Gasteiger partial charge in [-0.05, 0) is 61.7 Å². The van der Waals surface area contributed by atoms with E-state index in [1.807, 2.05) is 50.2 Å². The molecule has 0 aliphatic carbocycles. The predicted octanol–water partition coefficient (Wildman–Crippen LogP) is 5.41. The summed E-state index contributed by atoms with van der Waals surface area (Å²) in [4.78, 5) is 13.6. The van der Waals surface area contributed by atoms with Gasteiger partial charge in [-0.15, -0.1) is 11.8 Å². The zero-order valence-corrected chi connectivity index (χ0v) is 16.6. The van der Waals surface area contributed by atoms with Crippen molar-refractivity contribution in [3.8, 4) is 5.75 Å². The number of aryl methyl sites for hydroxylation is 1. The lowest BCUT2D eigenvalue weighted by Gasteiger charge is -2.21. The van der Waals surface area contributed by atoms with E-state index < -0.39 is 0 Å². The Balaban J connectivity index is 2.03. The molecule has 25 heavy (non-hydrogen) atoms. The maximum absolute atomic E-state index is 12.6. The first-order chi connectivity index (χ1) is 11.9. The zero-order chi connectivity index (χ0) is 18.4. The number of hydrogen-bond acceptors (Lipinski definition) is 3. The van der Waals surface area contributed by atoms with E-state index in [1.165, 1.54) is 11.8 Å². The zero-order valence-electron chi connectivity index (χ0n) is 15.0. The molecule has 0 saturated carbocycles. The number of methoxy groups -OCH3 is 1. The molecular formula is C20H24ClNO2S. The number of thioether (sulfide) groups is 1. The number of carbonyl (C=O) groups is 1. The van der Waals surface area contributed by atoms with E-state index in [2.05, 4.69) is 18.3 Å². The summed E-state index contributed by atoms with van der Waals surface area (Å²) in [5.74, 6) is 0.886. The third-order valence-electron chi connectivity index (χ3n) is 4.04. The molecule has 0 aromatic heterocycles. The van der Waals surface area contributed by atoms with Crippen LogP contribution in [0.1, 0.15) is 37.4 Å². The van der Waals surface area contributed by atoms with Crippen LogP contribution in [0.2, 0.25) is 5.02 Å². The van der Waals surface area contributed by atoms with E-state index >= 15 is 0 Å². The lowest BCUT2D eigenvalue weighted by molar-refractivity contribution is -0.121. The largest absolute Gasteiger partial charge is 0.496 e. The van der Waals surface area contributed by atoms with E-state index in [4.69, 9.17) is 16.3 Å². The molecule has 2 atom stereocenters. The van der Waals surface area contributed by atoms with Crippen molar-refractivity contribution < 1.29 is 9.53 Å². The Morgan fingerprint density at radius 3 is 2.48 bits per heavy atom. The first-order valence-electron chi connectivity index (χ1n) is 8.31. The minimum absolute atomic E-state index is 0.00891. The highest BCUT2D eigenvalue weighted by molar-refractivity contribution is 8.00. The molecule has 0 bridgehead atoms. The molecule has 0 fully saturated rings. The van der Waals surface area contributed by atoms with Gasteiger partial charge in [0.15, 0.2) is 0 Å². The summed E-state index contributed by atoms with van der Waals surface area (Å²) in [5.41, 5.74) is 2.16. The maximum Gasteiger partial charge on any atom is 0.233 e. The van der Waals surface area contributed by atoms with Gasteiger partial charge in [0.25, 0.3) is 0 Å². The Hall–Kier alpha value is -1.65. The van der Waals surface area contributed by atoms with Gasteiger partial charge in [-0.1, -0.05) is 30.7 Å². The van der Waals surface area contributed by atoms with Crippen LogP contribution < -0.4 is 10.1 Å². The van der Waals surface area contributed by atoms with Crippen LogP contribution in [0, 0.1) is 6.92 Å². The Morgan fingerprint density at radius 2 is 1.92 bits per heavy atom. The van der Waals surface area contributed by atoms with Gasteiger partial charge in [0.05, 0.1) is 18.4 Å². The highest BCUT2D eigenvalue weighted by atomic mass is 35.5. The average molecular weight is 378 g/mol. The fourth-order valence-electron chi connectivity index (χ4n) is 2.60. The molecule has 5 heteroatoms. The number of nitrogens with one attached hydrogen (secondary N) is 1. The molecule has 2 aromatic rings. The Labute approximate surface area is 159 Å². The summed E-state index contributed by atoms with van der Waals surface area (Å²) in [6.07, 6.45) is 0.829. The number of halogens is 1. The lowest BCUT2D eigenvalue weighted by Crippen LogP contribution is -2.34. The van der Waals surface area contributed by atoms with E-state index in [9.17, 15) is 4.79 Å². The average Bonchev–Trinajstić information content (AvgIpc) is 2.61. The van der Waals surface area contributed by atoms with Gasteiger partial charge in [-0.2, -0.15) is 0 Å². The third-order valence-corrected chi connectivity index (χ3v) is 5.41. The van der Waals surface area contributed by atoms with Crippen molar-refractivity contribution in [2.45, 2.75) is 43.4 Å². The molecule has 0 radical (unpaired) electrons. The second kappa shape index (κ2) is 9.16. The summed E-state index contributed by atoms with van der Waals surface area (Å²) in [6, 6.07) is 13.6.